The number of anilines is 1. The van der Waals surface area contributed by atoms with Crippen molar-refractivity contribution in [1.29, 1.82) is 0 Å². The fraction of sp³-hybridized carbons (Fsp3) is 0.138. The van der Waals surface area contributed by atoms with Crippen LogP contribution in [0.25, 0.3) is 11.1 Å². The first kappa shape index (κ1) is 63.6. The third-order valence-electron chi connectivity index (χ3n) is 15.8. The third-order valence-corrected chi connectivity index (χ3v) is 16.7. The highest BCUT2D eigenvalue weighted by Crippen LogP contribution is 2.49. The summed E-state index contributed by atoms with van der Waals surface area (Å²) in [7, 11) is 0. The maximum atomic E-state index is 16.0. The van der Waals surface area contributed by atoms with Crippen molar-refractivity contribution in [3.05, 3.63) is 195 Å². The van der Waals surface area contributed by atoms with E-state index in [1.165, 1.54) is 42.5 Å². The van der Waals surface area contributed by atoms with Gasteiger partial charge in [0.25, 0.3) is 0 Å². The predicted octanol–water partition coefficient (Wildman–Crippen LogP) is 6.50. The minimum atomic E-state index is -2.30. The molecule has 14 rings (SSSR count). The molecule has 27 nitrogen and oxygen atoms in total. The maximum Gasteiger partial charge on any atom is 0.330 e. The van der Waals surface area contributed by atoms with Crippen molar-refractivity contribution in [3.8, 4) is 80.1 Å². The average Bonchev–Trinajstić information content (AvgIpc) is 1.70. The summed E-state index contributed by atoms with van der Waals surface area (Å²) in [6.07, 6.45) is -4.27. The molecule has 17 N–H and O–H groups in total. The summed E-state index contributed by atoms with van der Waals surface area (Å²) in [5.41, 5.74) is -2.84. The molecule has 6 aliphatic heterocycles. The van der Waals surface area contributed by atoms with Crippen molar-refractivity contribution < 1.29 is 93.7 Å². The Bertz CT molecular complexity index is 4570. The largest absolute Gasteiger partial charge is 0.508 e. The van der Waals surface area contributed by atoms with Gasteiger partial charge in [-0.3, -0.25) is 28.8 Å². The van der Waals surface area contributed by atoms with Crippen LogP contribution in [0.3, 0.4) is 0 Å². The minimum absolute atomic E-state index is 0.0557. The predicted molar refractivity (Wildman–Crippen MR) is 338 cm³/mol. The number of thiocarbonyl (C=S) groups is 1. The first-order valence-electron chi connectivity index (χ1n) is 28.5. The second-order valence-corrected chi connectivity index (χ2v) is 23.3. The molecule has 6 amide bonds. The fourth-order valence-electron chi connectivity index (χ4n) is 11.3. The molecule has 484 valence electrons. The van der Waals surface area contributed by atoms with Crippen LogP contribution >= 0.6 is 35.4 Å². The van der Waals surface area contributed by atoms with Gasteiger partial charge in [0.15, 0.2) is 34.2 Å². The zero-order valence-corrected chi connectivity index (χ0v) is 50.7. The van der Waals surface area contributed by atoms with Crippen molar-refractivity contribution in [3.63, 3.8) is 0 Å². The maximum absolute atomic E-state index is 16.0. The number of aromatic hydroxyl groups is 6. The number of carbonyl (C=O) groups is 7. The highest BCUT2D eigenvalue weighted by molar-refractivity contribution is 7.80. The molecule has 0 fully saturated rings. The number of fused-ring (bicyclic) bond motifs is 13. The molecular formula is C65H50Cl2N8O19S. The highest BCUT2D eigenvalue weighted by Gasteiger charge is 2.43. The number of aliphatic hydroxyl groups excluding tert-OH is 2. The fourth-order valence-corrected chi connectivity index (χ4v) is 12.0. The summed E-state index contributed by atoms with van der Waals surface area (Å²) in [5, 5.41) is 124. The van der Waals surface area contributed by atoms with E-state index in [9.17, 15) is 55.5 Å². The number of ether oxygens (including phenoxy) is 3. The summed E-state index contributed by atoms with van der Waals surface area (Å²) < 4.78 is 18.6. The Hall–Kier alpha value is -11.6. The topological polar surface area (TPSA) is 425 Å². The van der Waals surface area contributed by atoms with Gasteiger partial charge < -0.3 is 103 Å². The number of amides is 6. The molecule has 9 atom stereocenters. The number of para-hydroxylation sites is 1. The van der Waals surface area contributed by atoms with Crippen LogP contribution in [0.2, 0.25) is 10.0 Å². The van der Waals surface area contributed by atoms with E-state index in [0.717, 1.165) is 72.8 Å². The second kappa shape index (κ2) is 25.5. The van der Waals surface area contributed by atoms with Crippen LogP contribution < -0.4 is 56.7 Å². The van der Waals surface area contributed by atoms with Gasteiger partial charge in [-0.15, -0.1) is 0 Å². The second-order valence-electron chi connectivity index (χ2n) is 22.1. The number of phenolic OH excluding ortho intramolecular Hbond substituents is 6. The van der Waals surface area contributed by atoms with Gasteiger partial charge >= 0.3 is 5.97 Å². The van der Waals surface area contributed by atoms with Gasteiger partial charge in [0, 0.05) is 34.5 Å². The Balaban J connectivity index is 1.07. The van der Waals surface area contributed by atoms with Gasteiger partial charge in [-0.05, 0) is 131 Å². The van der Waals surface area contributed by atoms with E-state index in [2.05, 4.69) is 42.5 Å². The molecule has 0 radical (unpaired) electrons. The van der Waals surface area contributed by atoms with Gasteiger partial charge in [-0.25, -0.2) is 4.79 Å². The van der Waals surface area contributed by atoms with Crippen LogP contribution in [0, 0.1) is 0 Å². The lowest BCUT2D eigenvalue weighted by molar-refractivity contribution is -0.143. The number of carboxylic acids is 1. The van der Waals surface area contributed by atoms with E-state index in [1.54, 1.807) is 30.3 Å². The van der Waals surface area contributed by atoms with Gasteiger partial charge in [0.1, 0.15) is 88.7 Å². The number of aliphatic hydroxyl groups is 2. The van der Waals surface area contributed by atoms with Crippen molar-refractivity contribution in [2.24, 2.45) is 0 Å². The zero-order valence-electron chi connectivity index (χ0n) is 48.3. The molecule has 0 aliphatic carbocycles. The van der Waals surface area contributed by atoms with Crippen LogP contribution in [0.4, 0.5) is 5.69 Å². The molecule has 0 spiro atoms. The van der Waals surface area contributed by atoms with Crippen molar-refractivity contribution >= 4 is 87.6 Å². The number of nitrogens with one attached hydrogen (secondary N) is 8. The molecule has 6 aliphatic rings. The zero-order chi connectivity index (χ0) is 67.4. The summed E-state index contributed by atoms with van der Waals surface area (Å²) in [4.78, 5) is 106. The smallest absolute Gasteiger partial charge is 0.330 e. The molecule has 6 heterocycles. The molecule has 8 aromatic rings. The number of hydrogen-bond acceptors (Lipinski definition) is 19. The Morgan fingerprint density at radius 1 is 0.453 bits per heavy atom. The number of hydrogen-bond donors (Lipinski definition) is 17. The summed E-state index contributed by atoms with van der Waals surface area (Å²) in [5.74, 6) is -16.7. The molecule has 9 unspecified atom stereocenters. The van der Waals surface area contributed by atoms with E-state index in [-0.39, 0.29) is 60.4 Å². The molecule has 30 heteroatoms. The van der Waals surface area contributed by atoms with Crippen LogP contribution in [0.5, 0.6) is 69.0 Å². The first-order valence-corrected chi connectivity index (χ1v) is 29.6. The molecule has 95 heavy (non-hydrogen) atoms. The summed E-state index contributed by atoms with van der Waals surface area (Å²) >= 11 is 19.4. The molecule has 0 aromatic heterocycles. The minimum Gasteiger partial charge on any atom is -0.508 e. The molecular weight excluding hydrogens is 1300 g/mol. The molecule has 0 saturated carbocycles. The van der Waals surface area contributed by atoms with Gasteiger partial charge in [-0.1, -0.05) is 71.7 Å². The lowest BCUT2D eigenvalue weighted by atomic mass is 9.87. The van der Waals surface area contributed by atoms with E-state index >= 15 is 24.0 Å². The van der Waals surface area contributed by atoms with E-state index < -0.39 is 170 Å². The van der Waals surface area contributed by atoms with Crippen LogP contribution in [0.15, 0.2) is 146 Å². The van der Waals surface area contributed by atoms with Crippen molar-refractivity contribution in [2.45, 2.75) is 54.5 Å². The van der Waals surface area contributed by atoms with Gasteiger partial charge in [-0.2, -0.15) is 0 Å². The van der Waals surface area contributed by atoms with Crippen LogP contribution in [-0.2, 0) is 33.6 Å². The number of halogens is 2. The quantitative estimate of drug-likeness (QED) is 0.0839. The van der Waals surface area contributed by atoms with Gasteiger partial charge in [0.05, 0.1) is 10.0 Å². The number of carbonyl (C=O) groups excluding carboxylic acids is 6. The SMILES string of the molecule is O=C1NC2C(=O)NC(C(=O)NC(C(=O)O)c3cc(O)cc(O)c3-c3c(O)cccc32)C(O)c2ccc(c(Cl)c2)Oc2cc3cc(c2O)Oc2ccc(cc2Cl)C(O)C2NC(=O)C(NC(=S)Nc4ccccc4)c4ccc(O)c(c4)Oc4cc(O)cc(c4)C(NC2=O)C(=O)NC13. The highest BCUT2D eigenvalue weighted by atomic mass is 35.5. The lowest BCUT2D eigenvalue weighted by Gasteiger charge is -2.31. The number of phenols is 6. The molecule has 15 bridgehead atoms. The standard InChI is InChI=1S/C65H50Cl2N8O19S/c66-36-17-26-10-13-41(36)93-44-20-29-21-45(57(44)83)94-42-14-11-27(18-37(42)67)56(82)54-63(89)72-52(64(90)91)35-23-32(77)24-40(80)47(35)46-34(7-4-8-39(46)79)51(61(87)74-54)71-60(86)50(29)69-59(85)49-28-15-31(76)22-33(16-28)92-43-19-25(9-12-38(43)78)48(58(84)73-53(55(26)81)62(88)70-49)75-65(95)68-30-5-2-1-3-6-30/h1-24,48-56,76-83H,(H,69,85)(H,70,88)(H,71,86)(H,72,89)(H,73,84)(H,74,87)(H,90,91)(H2,68,75,95). The van der Waals surface area contributed by atoms with E-state index in [4.69, 9.17) is 49.6 Å². The average molecular weight is 1350 g/mol. The first-order chi connectivity index (χ1) is 45.4. The number of benzene rings is 8. The summed E-state index contributed by atoms with van der Waals surface area (Å²) in [6, 6.07) is 14.5. The van der Waals surface area contributed by atoms with Crippen LogP contribution in [0.1, 0.15) is 81.4 Å². The van der Waals surface area contributed by atoms with Crippen molar-refractivity contribution in [1.82, 2.24) is 37.2 Å². The lowest BCUT2D eigenvalue weighted by Crippen LogP contribution is -2.56. The molecule has 0 saturated heterocycles. The van der Waals surface area contributed by atoms with Crippen molar-refractivity contribution in [2.75, 3.05) is 5.32 Å². The van der Waals surface area contributed by atoms with Gasteiger partial charge in [0.2, 0.25) is 41.2 Å². The third kappa shape index (κ3) is 12.6. The van der Waals surface area contributed by atoms with E-state index in [0.29, 0.717) is 5.69 Å². The monoisotopic (exact) mass is 1350 g/mol. The van der Waals surface area contributed by atoms with E-state index in [1.807, 2.05) is 0 Å². The Labute approximate surface area is 550 Å². The number of aliphatic carboxylic acids is 1. The van der Waals surface area contributed by atoms with Crippen LogP contribution in [-0.4, -0.2) is 105 Å². The number of rotatable bonds is 3. The Morgan fingerprint density at radius 3 is 1.61 bits per heavy atom. The summed E-state index contributed by atoms with van der Waals surface area (Å²) in [6.45, 7) is 0. The normalized spacial score (nSPS) is 21.6. The molecule has 8 aromatic carbocycles. The number of carboxylic acid groups (broad SMARTS) is 1. The Kier molecular flexibility index (Phi) is 17.1. The Morgan fingerprint density at radius 2 is 0.989 bits per heavy atom.